The number of aliphatic carboxylic acids is 1. The number of methoxy groups -OCH3 is 1. The summed E-state index contributed by atoms with van der Waals surface area (Å²) in [6.07, 6.45) is 1.22. The molecule has 0 bridgehead atoms. The second-order valence-electron chi connectivity index (χ2n) is 4.65. The highest BCUT2D eigenvalue weighted by Gasteiger charge is 2.31. The van der Waals surface area contributed by atoms with Crippen LogP contribution in [0, 0.1) is 5.41 Å². The van der Waals surface area contributed by atoms with E-state index in [4.69, 9.17) is 9.84 Å². The minimum atomic E-state index is -0.914. The fourth-order valence-corrected chi connectivity index (χ4v) is 1.31. The van der Waals surface area contributed by atoms with Crippen LogP contribution in [0.25, 0.3) is 0 Å². The zero-order valence-electron chi connectivity index (χ0n) is 11.7. The van der Waals surface area contributed by atoms with Gasteiger partial charge in [0, 0.05) is 33.9 Å². The van der Waals surface area contributed by atoms with Crippen molar-refractivity contribution in [1.29, 1.82) is 0 Å². The number of carboxylic acid groups (broad SMARTS) is 1. The van der Waals surface area contributed by atoms with Crippen molar-refractivity contribution in [3.8, 4) is 0 Å². The van der Waals surface area contributed by atoms with Crippen LogP contribution < -0.4 is 5.32 Å². The number of carbonyl (C=O) groups excluding carboxylic acids is 1. The van der Waals surface area contributed by atoms with Gasteiger partial charge in [0.2, 0.25) is 0 Å². The molecule has 0 rings (SSSR count). The second kappa shape index (κ2) is 7.92. The standard InChI is InChI=1S/C12H24N2O4/c1-5-12(2,10(15)16)9-13-11(17)14(3)7-6-8-18-4/h5-9H2,1-4H3,(H,13,17)(H,15,16). The first-order valence-corrected chi connectivity index (χ1v) is 6.08. The van der Waals surface area contributed by atoms with E-state index in [2.05, 4.69) is 5.32 Å². The first-order valence-electron chi connectivity index (χ1n) is 6.08. The van der Waals surface area contributed by atoms with Gasteiger partial charge < -0.3 is 20.1 Å². The highest BCUT2D eigenvalue weighted by atomic mass is 16.5. The molecule has 106 valence electrons. The predicted molar refractivity (Wildman–Crippen MR) is 68.6 cm³/mol. The topological polar surface area (TPSA) is 78.9 Å². The van der Waals surface area contributed by atoms with Crippen LogP contribution in [0.4, 0.5) is 4.79 Å². The van der Waals surface area contributed by atoms with E-state index in [9.17, 15) is 9.59 Å². The summed E-state index contributed by atoms with van der Waals surface area (Å²) >= 11 is 0. The van der Waals surface area contributed by atoms with Crippen molar-refractivity contribution in [2.45, 2.75) is 26.7 Å². The van der Waals surface area contributed by atoms with Crippen LogP contribution in [0.15, 0.2) is 0 Å². The van der Waals surface area contributed by atoms with Crippen LogP contribution in [-0.2, 0) is 9.53 Å². The quantitative estimate of drug-likeness (QED) is 0.642. The first kappa shape index (κ1) is 16.7. The molecule has 0 aromatic rings. The normalized spacial score (nSPS) is 13.8. The number of carboxylic acids is 1. The maximum Gasteiger partial charge on any atom is 0.317 e. The Balaban J connectivity index is 4.12. The number of carbonyl (C=O) groups is 2. The monoisotopic (exact) mass is 260 g/mol. The number of ether oxygens (including phenoxy) is 1. The molecule has 0 aliphatic rings. The largest absolute Gasteiger partial charge is 0.481 e. The molecule has 0 spiro atoms. The molecule has 1 atom stereocenters. The van der Waals surface area contributed by atoms with Gasteiger partial charge in [-0.1, -0.05) is 6.92 Å². The lowest BCUT2D eigenvalue weighted by Crippen LogP contribution is -2.45. The van der Waals surface area contributed by atoms with Gasteiger partial charge in [-0.2, -0.15) is 0 Å². The summed E-state index contributed by atoms with van der Waals surface area (Å²) < 4.78 is 4.90. The number of urea groups is 1. The molecule has 0 aromatic carbocycles. The number of nitrogens with zero attached hydrogens (tertiary/aromatic N) is 1. The SMILES string of the molecule is CCC(C)(CNC(=O)N(C)CCCOC)C(=O)O. The maximum absolute atomic E-state index is 11.7. The van der Waals surface area contributed by atoms with Gasteiger partial charge in [-0.3, -0.25) is 4.79 Å². The minimum Gasteiger partial charge on any atom is -0.481 e. The van der Waals surface area contributed by atoms with Gasteiger partial charge in [-0.05, 0) is 19.8 Å². The summed E-state index contributed by atoms with van der Waals surface area (Å²) in [6, 6.07) is -0.257. The molecule has 2 N–H and O–H groups in total. The van der Waals surface area contributed by atoms with Gasteiger partial charge in [0.15, 0.2) is 0 Å². The third kappa shape index (κ3) is 5.35. The van der Waals surface area contributed by atoms with Gasteiger partial charge >= 0.3 is 12.0 Å². The molecule has 0 saturated carbocycles. The van der Waals surface area contributed by atoms with Crippen molar-refractivity contribution in [2.24, 2.45) is 5.41 Å². The fraction of sp³-hybridized carbons (Fsp3) is 0.833. The lowest BCUT2D eigenvalue weighted by molar-refractivity contribution is -0.147. The van der Waals surface area contributed by atoms with E-state index < -0.39 is 11.4 Å². The lowest BCUT2D eigenvalue weighted by atomic mass is 9.88. The molecule has 2 amide bonds. The first-order chi connectivity index (χ1) is 8.37. The van der Waals surface area contributed by atoms with E-state index in [0.29, 0.717) is 19.6 Å². The van der Waals surface area contributed by atoms with Gasteiger partial charge in [-0.15, -0.1) is 0 Å². The van der Waals surface area contributed by atoms with Crippen LogP contribution in [0.5, 0.6) is 0 Å². The van der Waals surface area contributed by atoms with Crippen LogP contribution in [-0.4, -0.2) is 55.9 Å². The van der Waals surface area contributed by atoms with Gasteiger partial charge in [-0.25, -0.2) is 4.79 Å². The Bertz CT molecular complexity index is 283. The van der Waals surface area contributed by atoms with E-state index in [1.165, 1.54) is 4.90 Å². The molecule has 0 aliphatic heterocycles. The third-order valence-corrected chi connectivity index (χ3v) is 3.12. The summed E-state index contributed by atoms with van der Waals surface area (Å²) in [4.78, 5) is 24.3. The van der Waals surface area contributed by atoms with E-state index in [1.807, 2.05) is 0 Å². The van der Waals surface area contributed by atoms with Crippen molar-refractivity contribution in [2.75, 3.05) is 33.9 Å². The highest BCUT2D eigenvalue weighted by molar-refractivity contribution is 5.77. The number of hydrogen-bond acceptors (Lipinski definition) is 3. The minimum absolute atomic E-state index is 0.131. The third-order valence-electron chi connectivity index (χ3n) is 3.12. The van der Waals surface area contributed by atoms with Crippen LogP contribution in [0.3, 0.4) is 0 Å². The van der Waals surface area contributed by atoms with Crippen LogP contribution in [0.1, 0.15) is 26.7 Å². The summed E-state index contributed by atoms with van der Waals surface area (Å²) in [7, 11) is 3.29. The van der Waals surface area contributed by atoms with Crippen molar-refractivity contribution in [3.63, 3.8) is 0 Å². The van der Waals surface area contributed by atoms with Crippen molar-refractivity contribution in [3.05, 3.63) is 0 Å². The van der Waals surface area contributed by atoms with Crippen molar-refractivity contribution >= 4 is 12.0 Å². The molecule has 6 heteroatoms. The molecule has 0 saturated heterocycles. The molecule has 0 aliphatic carbocycles. The number of rotatable bonds is 8. The molecule has 0 radical (unpaired) electrons. The smallest absolute Gasteiger partial charge is 0.317 e. The number of hydrogen-bond donors (Lipinski definition) is 2. The van der Waals surface area contributed by atoms with E-state index in [-0.39, 0.29) is 12.6 Å². The molecule has 1 unspecified atom stereocenters. The van der Waals surface area contributed by atoms with Gasteiger partial charge in [0.05, 0.1) is 5.41 Å². The van der Waals surface area contributed by atoms with Crippen LogP contribution in [0.2, 0.25) is 0 Å². The summed E-state index contributed by atoms with van der Waals surface area (Å²) in [5.41, 5.74) is -0.914. The zero-order chi connectivity index (χ0) is 14.2. The summed E-state index contributed by atoms with van der Waals surface area (Å²) in [6.45, 7) is 4.73. The van der Waals surface area contributed by atoms with E-state index in [0.717, 1.165) is 6.42 Å². The molecule has 0 aromatic heterocycles. The van der Waals surface area contributed by atoms with E-state index in [1.54, 1.807) is 28.0 Å². The average Bonchev–Trinajstić information content (AvgIpc) is 2.35. The molecule has 6 nitrogen and oxygen atoms in total. The fourth-order valence-electron chi connectivity index (χ4n) is 1.31. The molecular formula is C12H24N2O4. The Kier molecular flexibility index (Phi) is 7.35. The number of amides is 2. The molecule has 18 heavy (non-hydrogen) atoms. The molecule has 0 fully saturated rings. The highest BCUT2D eigenvalue weighted by Crippen LogP contribution is 2.19. The summed E-state index contributed by atoms with van der Waals surface area (Å²) in [5, 5.41) is 11.7. The Morgan fingerprint density at radius 3 is 2.50 bits per heavy atom. The van der Waals surface area contributed by atoms with Crippen LogP contribution >= 0.6 is 0 Å². The second-order valence-corrected chi connectivity index (χ2v) is 4.65. The Labute approximate surface area is 108 Å². The maximum atomic E-state index is 11.7. The average molecular weight is 260 g/mol. The Hall–Kier alpha value is -1.30. The molecular weight excluding hydrogens is 236 g/mol. The summed E-state index contributed by atoms with van der Waals surface area (Å²) in [5.74, 6) is -0.896. The van der Waals surface area contributed by atoms with Gasteiger partial charge in [0.25, 0.3) is 0 Å². The molecule has 0 heterocycles. The predicted octanol–water partition coefficient (Wildman–Crippen LogP) is 1.17. The number of nitrogens with one attached hydrogen (secondary N) is 1. The van der Waals surface area contributed by atoms with Crippen molar-refractivity contribution in [1.82, 2.24) is 10.2 Å². The van der Waals surface area contributed by atoms with E-state index >= 15 is 0 Å². The Morgan fingerprint density at radius 1 is 1.44 bits per heavy atom. The van der Waals surface area contributed by atoms with Crippen molar-refractivity contribution < 1.29 is 19.4 Å². The lowest BCUT2D eigenvalue weighted by Gasteiger charge is -2.25. The Morgan fingerprint density at radius 2 is 2.06 bits per heavy atom. The zero-order valence-corrected chi connectivity index (χ0v) is 11.7. The van der Waals surface area contributed by atoms with Gasteiger partial charge in [0.1, 0.15) is 0 Å².